The second kappa shape index (κ2) is 12.2. The zero-order valence-corrected chi connectivity index (χ0v) is 20.0. The van der Waals surface area contributed by atoms with E-state index in [2.05, 4.69) is 29.6 Å². The summed E-state index contributed by atoms with van der Waals surface area (Å²) in [5, 5.41) is 12.0. The van der Waals surface area contributed by atoms with Crippen molar-refractivity contribution in [2.24, 2.45) is 0 Å². The molecule has 0 saturated heterocycles. The molecule has 3 rings (SSSR count). The molecule has 0 unspecified atom stereocenters. The van der Waals surface area contributed by atoms with Crippen molar-refractivity contribution >= 4 is 18.0 Å². The summed E-state index contributed by atoms with van der Waals surface area (Å²) in [6, 6.07) is 15.9. The van der Waals surface area contributed by atoms with Gasteiger partial charge in [-0.3, -0.25) is 9.59 Å². The van der Waals surface area contributed by atoms with Gasteiger partial charge in [0, 0.05) is 24.9 Å². The third kappa shape index (κ3) is 6.37. The number of nitrogens with zero attached hydrogens (tertiary/aromatic N) is 1. The summed E-state index contributed by atoms with van der Waals surface area (Å²) in [5.74, 6) is -1.36. The quantitative estimate of drug-likeness (QED) is 0.469. The number of alkyl carbamates (subject to hydrolysis) is 1. The first kappa shape index (κ1) is 25.3. The molecule has 0 heterocycles. The van der Waals surface area contributed by atoms with Crippen molar-refractivity contribution in [1.29, 1.82) is 0 Å². The van der Waals surface area contributed by atoms with E-state index in [1.807, 2.05) is 38.1 Å². The van der Waals surface area contributed by atoms with Crippen LogP contribution in [0.1, 0.15) is 63.0 Å². The topological polar surface area (TPSA) is 95.9 Å². The lowest BCUT2D eigenvalue weighted by Crippen LogP contribution is -2.43. The normalized spacial score (nSPS) is 13.0. The predicted molar refractivity (Wildman–Crippen MR) is 131 cm³/mol. The summed E-state index contributed by atoms with van der Waals surface area (Å²) in [5.41, 5.74) is 4.59. The molecule has 182 valence electrons. The van der Waals surface area contributed by atoms with Crippen molar-refractivity contribution in [3.63, 3.8) is 0 Å². The number of aliphatic carboxylic acids is 1. The number of fused-ring (bicyclic) bond motifs is 3. The summed E-state index contributed by atoms with van der Waals surface area (Å²) < 4.78 is 5.64. The standard InChI is InChI=1S/C27H34N2O5/c1-3-5-10-19(16-25(30)29(15-4-2)17-26(31)32)28-27(33)34-18-24-22-13-8-6-11-20(22)21-12-7-9-14-23(21)24/h6-9,11-14,19,24H,3-5,10,15-18H2,1-2H3,(H,28,33)(H,31,32)/t19-/m1/s1. The van der Waals surface area contributed by atoms with Crippen LogP contribution in [0.5, 0.6) is 0 Å². The van der Waals surface area contributed by atoms with Gasteiger partial charge in [0.05, 0.1) is 0 Å². The Hall–Kier alpha value is -3.35. The SMILES string of the molecule is CCCC[C@H](CC(=O)N(CCC)CC(=O)O)NC(=O)OCC1c2ccccc2-c2ccccc21. The van der Waals surface area contributed by atoms with Gasteiger partial charge in [0.2, 0.25) is 5.91 Å². The number of unbranched alkanes of at least 4 members (excludes halogenated alkanes) is 1. The van der Waals surface area contributed by atoms with E-state index in [9.17, 15) is 14.4 Å². The molecule has 0 fully saturated rings. The highest BCUT2D eigenvalue weighted by atomic mass is 16.5. The molecule has 34 heavy (non-hydrogen) atoms. The number of rotatable bonds is 12. The van der Waals surface area contributed by atoms with Crippen molar-refractivity contribution in [2.45, 2.75) is 57.9 Å². The summed E-state index contributed by atoms with van der Waals surface area (Å²) in [6.45, 7) is 4.18. The van der Waals surface area contributed by atoms with Gasteiger partial charge in [0.15, 0.2) is 0 Å². The number of hydrogen-bond acceptors (Lipinski definition) is 4. The molecule has 2 N–H and O–H groups in total. The number of hydrogen-bond donors (Lipinski definition) is 2. The van der Waals surface area contributed by atoms with Crippen LogP contribution in [0.4, 0.5) is 4.79 Å². The van der Waals surface area contributed by atoms with Crippen molar-refractivity contribution < 1.29 is 24.2 Å². The first-order valence-electron chi connectivity index (χ1n) is 12.1. The molecule has 1 aliphatic carbocycles. The van der Waals surface area contributed by atoms with E-state index in [1.165, 1.54) is 4.90 Å². The summed E-state index contributed by atoms with van der Waals surface area (Å²) in [6.07, 6.45) is 2.55. The fourth-order valence-corrected chi connectivity index (χ4v) is 4.55. The van der Waals surface area contributed by atoms with Gasteiger partial charge in [-0.25, -0.2) is 4.79 Å². The van der Waals surface area contributed by atoms with E-state index < -0.39 is 18.1 Å². The Morgan fingerprint density at radius 2 is 1.62 bits per heavy atom. The highest BCUT2D eigenvalue weighted by molar-refractivity contribution is 5.82. The van der Waals surface area contributed by atoms with Crippen LogP contribution in [0.25, 0.3) is 11.1 Å². The molecule has 1 aliphatic rings. The minimum atomic E-state index is -1.04. The molecular formula is C27H34N2O5. The number of carbonyl (C=O) groups is 3. The van der Waals surface area contributed by atoms with Gasteiger partial charge in [-0.2, -0.15) is 0 Å². The third-order valence-corrected chi connectivity index (χ3v) is 6.17. The van der Waals surface area contributed by atoms with Crippen molar-refractivity contribution in [1.82, 2.24) is 10.2 Å². The average Bonchev–Trinajstić information content (AvgIpc) is 3.14. The molecule has 0 aliphatic heterocycles. The lowest BCUT2D eigenvalue weighted by atomic mass is 9.98. The molecule has 7 heteroatoms. The Kier molecular flexibility index (Phi) is 9.08. The maximum absolute atomic E-state index is 12.7. The van der Waals surface area contributed by atoms with E-state index in [4.69, 9.17) is 9.84 Å². The maximum atomic E-state index is 12.7. The third-order valence-electron chi connectivity index (χ3n) is 6.17. The Labute approximate surface area is 201 Å². The van der Waals surface area contributed by atoms with Crippen LogP contribution >= 0.6 is 0 Å². The second-order valence-electron chi connectivity index (χ2n) is 8.72. The van der Waals surface area contributed by atoms with Gasteiger partial charge in [-0.1, -0.05) is 75.2 Å². The molecule has 0 aromatic heterocycles. The van der Waals surface area contributed by atoms with Crippen LogP contribution in [-0.2, 0) is 14.3 Å². The van der Waals surface area contributed by atoms with Crippen LogP contribution in [0, 0.1) is 0 Å². The van der Waals surface area contributed by atoms with E-state index in [-0.39, 0.29) is 31.4 Å². The fourth-order valence-electron chi connectivity index (χ4n) is 4.55. The molecular weight excluding hydrogens is 432 g/mol. The minimum absolute atomic E-state index is 0.0375. The number of ether oxygens (including phenoxy) is 1. The van der Waals surface area contributed by atoms with Crippen LogP contribution in [-0.4, -0.2) is 53.7 Å². The highest BCUT2D eigenvalue weighted by Crippen LogP contribution is 2.44. The molecule has 0 radical (unpaired) electrons. The number of carboxylic acid groups (broad SMARTS) is 1. The van der Waals surface area contributed by atoms with Crippen LogP contribution in [0.15, 0.2) is 48.5 Å². The predicted octanol–water partition coefficient (Wildman–Crippen LogP) is 4.80. The Balaban J connectivity index is 1.63. The molecule has 0 spiro atoms. The molecule has 2 aromatic rings. The Bertz CT molecular complexity index is 961. The number of nitrogens with one attached hydrogen (secondary N) is 1. The van der Waals surface area contributed by atoms with Crippen LogP contribution < -0.4 is 5.32 Å². The van der Waals surface area contributed by atoms with Crippen LogP contribution in [0.3, 0.4) is 0 Å². The minimum Gasteiger partial charge on any atom is -0.480 e. The van der Waals surface area contributed by atoms with Gasteiger partial charge in [-0.05, 0) is 35.1 Å². The Morgan fingerprint density at radius 3 is 2.18 bits per heavy atom. The maximum Gasteiger partial charge on any atom is 0.407 e. The summed E-state index contributed by atoms with van der Waals surface area (Å²) in [7, 11) is 0. The Morgan fingerprint density at radius 1 is 1.00 bits per heavy atom. The van der Waals surface area contributed by atoms with Gasteiger partial charge in [0.25, 0.3) is 0 Å². The van der Waals surface area contributed by atoms with Gasteiger partial charge >= 0.3 is 12.1 Å². The molecule has 1 atom stereocenters. The molecule has 0 bridgehead atoms. The fraction of sp³-hybridized carbons (Fsp3) is 0.444. The average molecular weight is 467 g/mol. The summed E-state index contributed by atoms with van der Waals surface area (Å²) in [4.78, 5) is 37.9. The zero-order chi connectivity index (χ0) is 24.5. The molecule has 7 nitrogen and oxygen atoms in total. The number of carboxylic acids is 1. The molecule has 0 saturated carbocycles. The first-order valence-corrected chi connectivity index (χ1v) is 12.1. The summed E-state index contributed by atoms with van der Waals surface area (Å²) >= 11 is 0. The van der Waals surface area contributed by atoms with Gasteiger partial charge in [0.1, 0.15) is 13.2 Å². The van der Waals surface area contributed by atoms with Crippen molar-refractivity contribution in [3.05, 3.63) is 59.7 Å². The lowest BCUT2D eigenvalue weighted by Gasteiger charge is -2.24. The monoisotopic (exact) mass is 466 g/mol. The van der Waals surface area contributed by atoms with Crippen molar-refractivity contribution in [2.75, 3.05) is 19.7 Å². The number of carbonyl (C=O) groups excluding carboxylic acids is 2. The van der Waals surface area contributed by atoms with E-state index in [0.29, 0.717) is 19.4 Å². The van der Waals surface area contributed by atoms with E-state index >= 15 is 0 Å². The van der Waals surface area contributed by atoms with E-state index in [1.54, 1.807) is 0 Å². The van der Waals surface area contributed by atoms with E-state index in [0.717, 1.165) is 35.1 Å². The van der Waals surface area contributed by atoms with Crippen LogP contribution in [0.2, 0.25) is 0 Å². The first-order chi connectivity index (χ1) is 16.4. The number of amides is 2. The lowest BCUT2D eigenvalue weighted by molar-refractivity contribution is -0.144. The molecule has 2 aromatic carbocycles. The second-order valence-corrected chi connectivity index (χ2v) is 8.72. The largest absolute Gasteiger partial charge is 0.480 e. The van der Waals surface area contributed by atoms with Gasteiger partial charge < -0.3 is 20.1 Å². The molecule has 2 amide bonds. The smallest absolute Gasteiger partial charge is 0.407 e. The zero-order valence-electron chi connectivity index (χ0n) is 20.0. The number of benzene rings is 2. The highest BCUT2D eigenvalue weighted by Gasteiger charge is 2.29. The van der Waals surface area contributed by atoms with Crippen molar-refractivity contribution in [3.8, 4) is 11.1 Å². The van der Waals surface area contributed by atoms with Gasteiger partial charge in [-0.15, -0.1) is 0 Å².